The summed E-state index contributed by atoms with van der Waals surface area (Å²) in [5.74, 6) is 0.299. The zero-order valence-corrected chi connectivity index (χ0v) is 11.8. The normalized spacial score (nSPS) is 9.89. The Hall–Kier alpha value is -1.42. The molecule has 8 heteroatoms. The predicted molar refractivity (Wildman–Crippen MR) is 72.0 cm³/mol. The maximum Gasteiger partial charge on any atom is 0.245 e. The molecule has 90 valence electrons. The van der Waals surface area contributed by atoms with E-state index in [9.17, 15) is 0 Å². The molecule has 18 heavy (non-hydrogen) atoms. The number of benzene rings is 1. The number of nitrogens with zero attached hydrogens (tertiary/aromatic N) is 4. The van der Waals surface area contributed by atoms with E-state index in [0.717, 1.165) is 0 Å². The highest BCUT2D eigenvalue weighted by molar-refractivity contribution is 9.10. The molecule has 0 aliphatic heterocycles. The fourth-order valence-electron chi connectivity index (χ4n) is 1.19. The van der Waals surface area contributed by atoms with E-state index < -0.39 is 0 Å². The molecule has 0 saturated heterocycles. The van der Waals surface area contributed by atoms with Crippen LogP contribution in [-0.2, 0) is 0 Å². The zero-order valence-electron chi connectivity index (χ0n) is 8.65. The third-order valence-corrected chi connectivity index (χ3v) is 3.04. The van der Waals surface area contributed by atoms with Gasteiger partial charge in [0.15, 0.2) is 11.0 Å². The third-order valence-electron chi connectivity index (χ3n) is 1.97. The van der Waals surface area contributed by atoms with Gasteiger partial charge in [-0.2, -0.15) is 10.2 Å². The van der Waals surface area contributed by atoms with Crippen LogP contribution in [0.25, 0.3) is 0 Å². The van der Waals surface area contributed by atoms with E-state index in [0.29, 0.717) is 21.5 Å². The van der Waals surface area contributed by atoms with Crippen molar-refractivity contribution in [2.24, 2.45) is 0 Å². The van der Waals surface area contributed by atoms with Gasteiger partial charge in [-0.1, -0.05) is 11.6 Å². The fourth-order valence-corrected chi connectivity index (χ4v) is 1.91. The SMILES string of the molecule is N#Cc1ccc(Nc2nc(Cl)nnc2Cl)cc1Br. The van der Waals surface area contributed by atoms with Gasteiger partial charge in [-0.3, -0.25) is 0 Å². The lowest BCUT2D eigenvalue weighted by Gasteiger charge is -2.07. The van der Waals surface area contributed by atoms with Gasteiger partial charge in [-0.15, -0.1) is 10.2 Å². The largest absolute Gasteiger partial charge is 0.337 e. The molecule has 0 amide bonds. The minimum Gasteiger partial charge on any atom is -0.337 e. The number of hydrogen-bond acceptors (Lipinski definition) is 5. The molecule has 1 heterocycles. The standard InChI is InChI=1S/C10H4BrCl2N5/c11-7-3-6(2-1-5(7)4-14)15-9-8(12)17-18-10(13)16-9/h1-3H,(H,15,16,18). The van der Waals surface area contributed by atoms with Gasteiger partial charge in [0.2, 0.25) is 5.28 Å². The first-order chi connectivity index (χ1) is 8.60. The summed E-state index contributed by atoms with van der Waals surface area (Å²) in [5, 5.41) is 19.0. The molecule has 0 aliphatic rings. The lowest BCUT2D eigenvalue weighted by atomic mass is 10.2. The average molecular weight is 345 g/mol. The van der Waals surface area contributed by atoms with Gasteiger partial charge in [0.1, 0.15) is 6.07 Å². The van der Waals surface area contributed by atoms with Gasteiger partial charge < -0.3 is 5.32 Å². The second kappa shape index (κ2) is 5.48. The van der Waals surface area contributed by atoms with Gasteiger partial charge in [-0.25, -0.2) is 0 Å². The summed E-state index contributed by atoms with van der Waals surface area (Å²) in [4.78, 5) is 3.91. The van der Waals surface area contributed by atoms with Crippen LogP contribution in [0.1, 0.15) is 5.56 Å². The Kier molecular flexibility index (Phi) is 3.97. The van der Waals surface area contributed by atoms with Gasteiger partial charge in [-0.05, 0) is 45.7 Å². The Labute approximate surface area is 121 Å². The predicted octanol–water partition coefficient (Wildman–Crippen LogP) is 3.56. The summed E-state index contributed by atoms with van der Waals surface area (Å²) in [6, 6.07) is 7.16. The van der Waals surface area contributed by atoms with Gasteiger partial charge in [0, 0.05) is 10.2 Å². The van der Waals surface area contributed by atoms with Crippen molar-refractivity contribution in [3.05, 3.63) is 38.7 Å². The molecule has 5 nitrogen and oxygen atoms in total. The van der Waals surface area contributed by atoms with Crippen LogP contribution in [0, 0.1) is 11.3 Å². The summed E-state index contributed by atoms with van der Waals surface area (Å²) in [7, 11) is 0. The molecule has 0 bridgehead atoms. The Morgan fingerprint density at radius 1 is 1.28 bits per heavy atom. The summed E-state index contributed by atoms with van der Waals surface area (Å²) < 4.78 is 0.666. The topological polar surface area (TPSA) is 74.5 Å². The smallest absolute Gasteiger partial charge is 0.245 e. The molecule has 0 radical (unpaired) electrons. The lowest BCUT2D eigenvalue weighted by molar-refractivity contribution is 0.975. The van der Waals surface area contributed by atoms with Crippen molar-refractivity contribution in [1.29, 1.82) is 5.26 Å². The minimum absolute atomic E-state index is 0.00499. The zero-order chi connectivity index (χ0) is 13.1. The fraction of sp³-hybridized carbons (Fsp3) is 0. The van der Waals surface area contributed by atoms with Crippen LogP contribution >= 0.6 is 39.1 Å². The maximum absolute atomic E-state index is 8.81. The molecular formula is C10H4BrCl2N5. The summed E-state index contributed by atoms with van der Waals surface area (Å²) in [6.45, 7) is 0. The molecule has 0 fully saturated rings. The molecule has 2 rings (SSSR count). The van der Waals surface area contributed by atoms with Crippen LogP contribution in [0.15, 0.2) is 22.7 Å². The van der Waals surface area contributed by atoms with Crippen LogP contribution in [-0.4, -0.2) is 15.2 Å². The molecule has 1 aromatic carbocycles. The Bertz CT molecular complexity index is 641. The van der Waals surface area contributed by atoms with Crippen molar-refractivity contribution in [1.82, 2.24) is 15.2 Å². The van der Waals surface area contributed by atoms with E-state index in [1.807, 2.05) is 6.07 Å². The van der Waals surface area contributed by atoms with Crippen LogP contribution in [0.4, 0.5) is 11.5 Å². The monoisotopic (exact) mass is 343 g/mol. The molecule has 0 aliphatic carbocycles. The number of hydrogen-bond donors (Lipinski definition) is 1. The second-order valence-electron chi connectivity index (χ2n) is 3.15. The molecule has 1 aromatic heterocycles. The number of nitrogens with one attached hydrogen (secondary N) is 1. The van der Waals surface area contributed by atoms with Crippen LogP contribution in [0.3, 0.4) is 0 Å². The average Bonchev–Trinajstić information content (AvgIpc) is 2.34. The number of halogens is 3. The molecule has 0 saturated carbocycles. The molecule has 0 unspecified atom stereocenters. The van der Waals surface area contributed by atoms with E-state index in [-0.39, 0.29) is 10.4 Å². The molecule has 0 spiro atoms. The van der Waals surface area contributed by atoms with Crippen molar-refractivity contribution in [3.8, 4) is 6.07 Å². The molecular weight excluding hydrogens is 341 g/mol. The van der Waals surface area contributed by atoms with Crippen molar-refractivity contribution in [2.75, 3.05) is 5.32 Å². The van der Waals surface area contributed by atoms with Gasteiger partial charge in [0.25, 0.3) is 0 Å². The minimum atomic E-state index is -0.00499. The number of aromatic nitrogens is 3. The summed E-state index contributed by atoms with van der Waals surface area (Å²) in [5.41, 5.74) is 1.23. The number of rotatable bonds is 2. The van der Waals surface area contributed by atoms with E-state index in [2.05, 4.69) is 36.4 Å². The van der Waals surface area contributed by atoms with Crippen LogP contribution < -0.4 is 5.32 Å². The Morgan fingerprint density at radius 2 is 2.06 bits per heavy atom. The Morgan fingerprint density at radius 3 is 2.72 bits per heavy atom. The van der Waals surface area contributed by atoms with Crippen LogP contribution in [0.5, 0.6) is 0 Å². The first kappa shape index (κ1) is 13.0. The first-order valence-electron chi connectivity index (χ1n) is 4.62. The van der Waals surface area contributed by atoms with Crippen molar-refractivity contribution >= 4 is 50.6 Å². The van der Waals surface area contributed by atoms with Crippen molar-refractivity contribution in [2.45, 2.75) is 0 Å². The highest BCUT2D eigenvalue weighted by atomic mass is 79.9. The molecule has 1 N–H and O–H groups in total. The molecule has 2 aromatic rings. The van der Waals surface area contributed by atoms with Crippen molar-refractivity contribution < 1.29 is 0 Å². The van der Waals surface area contributed by atoms with E-state index in [1.165, 1.54) is 0 Å². The van der Waals surface area contributed by atoms with Gasteiger partial charge in [0.05, 0.1) is 5.56 Å². The maximum atomic E-state index is 8.81. The van der Waals surface area contributed by atoms with Crippen LogP contribution in [0.2, 0.25) is 10.4 Å². The highest BCUT2D eigenvalue weighted by Crippen LogP contribution is 2.25. The number of nitriles is 1. The van der Waals surface area contributed by atoms with E-state index in [1.54, 1.807) is 18.2 Å². The molecule has 0 atom stereocenters. The number of anilines is 2. The Balaban J connectivity index is 2.32. The van der Waals surface area contributed by atoms with E-state index in [4.69, 9.17) is 28.5 Å². The second-order valence-corrected chi connectivity index (χ2v) is 4.70. The van der Waals surface area contributed by atoms with E-state index >= 15 is 0 Å². The van der Waals surface area contributed by atoms with Crippen molar-refractivity contribution in [3.63, 3.8) is 0 Å². The summed E-state index contributed by atoms with van der Waals surface area (Å²) >= 11 is 14.7. The summed E-state index contributed by atoms with van der Waals surface area (Å²) in [6.07, 6.45) is 0. The highest BCUT2D eigenvalue weighted by Gasteiger charge is 2.07. The first-order valence-corrected chi connectivity index (χ1v) is 6.17. The quantitative estimate of drug-likeness (QED) is 0.901. The lowest BCUT2D eigenvalue weighted by Crippen LogP contribution is -1.99. The van der Waals surface area contributed by atoms with Gasteiger partial charge >= 0.3 is 0 Å². The third kappa shape index (κ3) is 2.88.